The van der Waals surface area contributed by atoms with Crippen LogP contribution in [-0.2, 0) is 6.54 Å². The van der Waals surface area contributed by atoms with Crippen LogP contribution >= 0.6 is 0 Å². The van der Waals surface area contributed by atoms with Gasteiger partial charge in [0, 0.05) is 43.2 Å². The highest BCUT2D eigenvalue weighted by molar-refractivity contribution is 5.94. The van der Waals surface area contributed by atoms with Crippen molar-refractivity contribution >= 4 is 16.9 Å². The molecule has 6 nitrogen and oxygen atoms in total. The largest absolute Gasteiger partial charge is 0.346 e. The van der Waals surface area contributed by atoms with Crippen LogP contribution in [0.15, 0.2) is 61.1 Å². The third kappa shape index (κ3) is 4.08. The van der Waals surface area contributed by atoms with Gasteiger partial charge in [-0.25, -0.2) is 9.37 Å². The van der Waals surface area contributed by atoms with Crippen LogP contribution in [0.2, 0.25) is 0 Å². The number of hydrogen-bond donors (Lipinski definition) is 1. The maximum absolute atomic E-state index is 13.2. The Labute approximate surface area is 179 Å². The van der Waals surface area contributed by atoms with Crippen LogP contribution in [0.25, 0.3) is 22.3 Å². The van der Waals surface area contributed by atoms with Crippen LogP contribution in [0.5, 0.6) is 0 Å². The summed E-state index contributed by atoms with van der Waals surface area (Å²) in [5, 5.41) is 6.82. The molecule has 1 unspecified atom stereocenters. The van der Waals surface area contributed by atoms with Crippen molar-refractivity contribution in [3.05, 3.63) is 72.4 Å². The molecule has 1 saturated heterocycles. The molecule has 5 rings (SSSR count). The molecule has 1 amide bonds. The number of H-pyrrole nitrogens is 1. The Morgan fingerprint density at radius 3 is 2.77 bits per heavy atom. The average Bonchev–Trinajstić information content (AvgIpc) is 3.40. The molecule has 0 radical (unpaired) electrons. The SMILES string of the molecule is O=C(c1ccc(F)cc1)N1CCCC(Cn2ccc3nc(-c4cn[nH]c4)ccc32)CC1. The molecule has 1 N–H and O–H groups in total. The zero-order valence-electron chi connectivity index (χ0n) is 17.2. The van der Waals surface area contributed by atoms with Crippen molar-refractivity contribution in [3.8, 4) is 11.3 Å². The average molecular weight is 417 g/mol. The predicted octanol–water partition coefficient (Wildman–Crippen LogP) is 4.51. The van der Waals surface area contributed by atoms with Gasteiger partial charge in [0.1, 0.15) is 5.82 Å². The number of nitrogens with one attached hydrogen (secondary N) is 1. The smallest absolute Gasteiger partial charge is 0.253 e. The first-order chi connectivity index (χ1) is 15.2. The Hall–Kier alpha value is -3.48. The van der Waals surface area contributed by atoms with Crippen molar-refractivity contribution in [3.63, 3.8) is 0 Å². The van der Waals surface area contributed by atoms with Crippen molar-refractivity contribution < 1.29 is 9.18 Å². The van der Waals surface area contributed by atoms with Crippen LogP contribution in [0.1, 0.15) is 29.6 Å². The van der Waals surface area contributed by atoms with Gasteiger partial charge in [-0.05, 0) is 67.6 Å². The Morgan fingerprint density at radius 1 is 1.10 bits per heavy atom. The van der Waals surface area contributed by atoms with E-state index < -0.39 is 0 Å². The molecule has 7 heteroatoms. The minimum absolute atomic E-state index is 0.0111. The van der Waals surface area contributed by atoms with E-state index in [2.05, 4.69) is 33.1 Å². The van der Waals surface area contributed by atoms with Gasteiger partial charge in [-0.1, -0.05) is 0 Å². The fraction of sp³-hybridized carbons (Fsp3) is 0.292. The normalized spacial score (nSPS) is 17.1. The van der Waals surface area contributed by atoms with E-state index in [1.54, 1.807) is 18.3 Å². The fourth-order valence-corrected chi connectivity index (χ4v) is 4.39. The van der Waals surface area contributed by atoms with Crippen LogP contribution < -0.4 is 0 Å². The van der Waals surface area contributed by atoms with Gasteiger partial charge in [0.25, 0.3) is 5.91 Å². The first-order valence-corrected chi connectivity index (χ1v) is 10.7. The van der Waals surface area contributed by atoms with Crippen LogP contribution in [0.4, 0.5) is 4.39 Å². The molecule has 4 heterocycles. The van der Waals surface area contributed by atoms with Gasteiger partial charge in [0.2, 0.25) is 0 Å². The number of rotatable bonds is 4. The predicted molar refractivity (Wildman–Crippen MR) is 117 cm³/mol. The summed E-state index contributed by atoms with van der Waals surface area (Å²) in [6.45, 7) is 2.38. The molecule has 0 bridgehead atoms. The highest BCUT2D eigenvalue weighted by Crippen LogP contribution is 2.25. The van der Waals surface area contributed by atoms with E-state index in [0.717, 1.165) is 61.2 Å². The number of benzene rings is 1. The standard InChI is InChI=1S/C24H24FN5O/c25-20-5-3-18(4-6-20)24(31)29-11-1-2-17(9-12-29)16-30-13-10-22-23(30)8-7-21(28-22)19-14-26-27-15-19/h3-8,10,13-15,17H,1-2,9,11-12,16H2,(H,26,27). The molecule has 3 aromatic heterocycles. The van der Waals surface area contributed by atoms with Crippen molar-refractivity contribution in [1.29, 1.82) is 0 Å². The van der Waals surface area contributed by atoms with Gasteiger partial charge in [-0.2, -0.15) is 5.10 Å². The molecule has 1 aromatic carbocycles. The Balaban J connectivity index is 1.26. The second-order valence-electron chi connectivity index (χ2n) is 8.15. The van der Waals surface area contributed by atoms with Gasteiger partial charge in [-0.15, -0.1) is 0 Å². The van der Waals surface area contributed by atoms with Gasteiger partial charge >= 0.3 is 0 Å². The highest BCUT2D eigenvalue weighted by atomic mass is 19.1. The molecule has 31 heavy (non-hydrogen) atoms. The van der Waals surface area contributed by atoms with Crippen molar-refractivity contribution in [2.75, 3.05) is 13.1 Å². The summed E-state index contributed by atoms with van der Waals surface area (Å²) in [7, 11) is 0. The number of amides is 1. The zero-order valence-corrected chi connectivity index (χ0v) is 17.2. The molecule has 1 atom stereocenters. The molecule has 0 saturated carbocycles. The van der Waals surface area contributed by atoms with Gasteiger partial charge in [0.05, 0.1) is 22.9 Å². The maximum Gasteiger partial charge on any atom is 0.253 e. The first kappa shape index (κ1) is 19.5. The number of pyridine rings is 1. The summed E-state index contributed by atoms with van der Waals surface area (Å²) in [5.41, 5.74) is 4.53. The first-order valence-electron chi connectivity index (χ1n) is 10.7. The Bertz CT molecular complexity index is 1180. The number of aromatic nitrogens is 4. The molecule has 1 aliphatic rings. The van der Waals surface area contributed by atoms with E-state index in [1.807, 2.05) is 17.2 Å². The van der Waals surface area contributed by atoms with Crippen LogP contribution in [-0.4, -0.2) is 43.6 Å². The number of hydrogen-bond acceptors (Lipinski definition) is 3. The third-order valence-electron chi connectivity index (χ3n) is 6.10. The lowest BCUT2D eigenvalue weighted by molar-refractivity contribution is 0.0759. The topological polar surface area (TPSA) is 66.8 Å². The van der Waals surface area contributed by atoms with Gasteiger partial charge < -0.3 is 9.47 Å². The second-order valence-corrected chi connectivity index (χ2v) is 8.15. The third-order valence-corrected chi connectivity index (χ3v) is 6.10. The summed E-state index contributed by atoms with van der Waals surface area (Å²) in [4.78, 5) is 19.4. The summed E-state index contributed by atoms with van der Waals surface area (Å²) in [6, 6.07) is 12.0. The molecule has 4 aromatic rings. The molecule has 0 aliphatic carbocycles. The second kappa shape index (κ2) is 8.34. The number of likely N-dealkylation sites (tertiary alicyclic amines) is 1. The molecule has 1 aliphatic heterocycles. The fourth-order valence-electron chi connectivity index (χ4n) is 4.39. The van der Waals surface area contributed by atoms with E-state index in [1.165, 1.54) is 12.1 Å². The molecular weight excluding hydrogens is 393 g/mol. The molecular formula is C24H24FN5O. The Kier molecular flexibility index (Phi) is 5.24. The van der Waals surface area contributed by atoms with E-state index >= 15 is 0 Å². The summed E-state index contributed by atoms with van der Waals surface area (Å²) < 4.78 is 15.4. The summed E-state index contributed by atoms with van der Waals surface area (Å²) in [6.07, 6.45) is 8.72. The minimum Gasteiger partial charge on any atom is -0.346 e. The maximum atomic E-state index is 13.2. The number of carbonyl (C=O) groups is 1. The summed E-state index contributed by atoms with van der Waals surface area (Å²) >= 11 is 0. The molecule has 0 spiro atoms. The van der Waals surface area contributed by atoms with Crippen molar-refractivity contribution in [2.45, 2.75) is 25.8 Å². The molecule has 1 fully saturated rings. The van der Waals surface area contributed by atoms with Crippen molar-refractivity contribution in [2.24, 2.45) is 5.92 Å². The number of nitrogens with zero attached hydrogens (tertiary/aromatic N) is 4. The monoisotopic (exact) mass is 417 g/mol. The minimum atomic E-state index is -0.321. The quantitative estimate of drug-likeness (QED) is 0.531. The number of fused-ring (bicyclic) bond motifs is 1. The zero-order chi connectivity index (χ0) is 21.2. The van der Waals surface area contributed by atoms with Crippen molar-refractivity contribution in [1.82, 2.24) is 24.6 Å². The van der Waals surface area contributed by atoms with E-state index in [9.17, 15) is 9.18 Å². The lowest BCUT2D eigenvalue weighted by atomic mass is 10.0. The molecule has 158 valence electrons. The van der Waals surface area contributed by atoms with E-state index in [4.69, 9.17) is 4.98 Å². The lowest BCUT2D eigenvalue weighted by Gasteiger charge is -2.21. The lowest BCUT2D eigenvalue weighted by Crippen LogP contribution is -2.32. The summed E-state index contributed by atoms with van der Waals surface area (Å²) in [5.74, 6) is 0.163. The van der Waals surface area contributed by atoms with E-state index in [0.29, 0.717) is 11.5 Å². The number of aromatic amines is 1. The number of halogens is 1. The Morgan fingerprint density at radius 2 is 1.97 bits per heavy atom. The van der Waals surface area contributed by atoms with E-state index in [-0.39, 0.29) is 11.7 Å². The number of carbonyl (C=O) groups excluding carboxylic acids is 1. The van der Waals surface area contributed by atoms with Crippen LogP contribution in [0, 0.1) is 11.7 Å². The van der Waals surface area contributed by atoms with Gasteiger partial charge in [0.15, 0.2) is 0 Å². The van der Waals surface area contributed by atoms with Gasteiger partial charge in [-0.3, -0.25) is 9.89 Å². The van der Waals surface area contributed by atoms with Crippen LogP contribution in [0.3, 0.4) is 0 Å². The highest BCUT2D eigenvalue weighted by Gasteiger charge is 2.22.